The highest BCUT2D eigenvalue weighted by atomic mass is 19.3. The predicted octanol–water partition coefficient (Wildman–Crippen LogP) is 2.37. The van der Waals surface area contributed by atoms with Crippen LogP contribution in [0.1, 0.15) is 17.6 Å². The summed E-state index contributed by atoms with van der Waals surface area (Å²) >= 11 is 0. The molecule has 76 valence electrons. The summed E-state index contributed by atoms with van der Waals surface area (Å²) in [7, 11) is 0. The molecule has 0 fully saturated rings. The molecular weight excluding hydrogens is 201 g/mol. The van der Waals surface area contributed by atoms with Crippen molar-refractivity contribution >= 4 is 5.69 Å². The SMILES string of the molecule is Cc1c(F)ncc(C(F)F)c1[N+](=O)[O-]. The van der Waals surface area contributed by atoms with E-state index in [1.807, 2.05) is 0 Å². The van der Waals surface area contributed by atoms with Crippen LogP contribution in [0.2, 0.25) is 0 Å². The number of hydrogen-bond acceptors (Lipinski definition) is 3. The van der Waals surface area contributed by atoms with Gasteiger partial charge in [0.25, 0.3) is 12.1 Å². The molecule has 0 bridgehead atoms. The Labute approximate surface area is 76.5 Å². The van der Waals surface area contributed by atoms with Crippen LogP contribution in [0.5, 0.6) is 0 Å². The van der Waals surface area contributed by atoms with E-state index in [9.17, 15) is 23.3 Å². The van der Waals surface area contributed by atoms with Crippen molar-refractivity contribution in [2.45, 2.75) is 13.3 Å². The minimum Gasteiger partial charge on any atom is -0.258 e. The van der Waals surface area contributed by atoms with Crippen molar-refractivity contribution in [1.82, 2.24) is 4.98 Å². The average molecular weight is 206 g/mol. The highest BCUT2D eigenvalue weighted by Gasteiger charge is 2.26. The van der Waals surface area contributed by atoms with Gasteiger partial charge in [-0.3, -0.25) is 10.1 Å². The van der Waals surface area contributed by atoms with Crippen LogP contribution in [0.3, 0.4) is 0 Å². The highest BCUT2D eigenvalue weighted by molar-refractivity contribution is 5.45. The van der Waals surface area contributed by atoms with Crippen molar-refractivity contribution in [2.24, 2.45) is 0 Å². The minimum atomic E-state index is -3.04. The van der Waals surface area contributed by atoms with Crippen LogP contribution < -0.4 is 0 Å². The molecule has 0 aliphatic rings. The lowest BCUT2D eigenvalue weighted by Gasteiger charge is -2.03. The summed E-state index contributed by atoms with van der Waals surface area (Å²) in [5.41, 5.74) is -2.26. The second-order valence-electron chi connectivity index (χ2n) is 2.54. The molecule has 0 N–H and O–H groups in total. The number of alkyl halides is 2. The van der Waals surface area contributed by atoms with Crippen molar-refractivity contribution in [3.05, 3.63) is 33.4 Å². The average Bonchev–Trinajstić information content (AvgIpc) is 2.08. The number of hydrogen-bond donors (Lipinski definition) is 0. The van der Waals surface area contributed by atoms with Gasteiger partial charge in [-0.1, -0.05) is 0 Å². The molecule has 0 radical (unpaired) electrons. The molecular formula is C7H5F3N2O2. The van der Waals surface area contributed by atoms with E-state index in [2.05, 4.69) is 4.98 Å². The number of rotatable bonds is 2. The van der Waals surface area contributed by atoms with E-state index in [0.29, 0.717) is 6.20 Å². The first-order chi connectivity index (χ1) is 6.45. The smallest absolute Gasteiger partial charge is 0.258 e. The zero-order valence-corrected chi connectivity index (χ0v) is 7.00. The third kappa shape index (κ3) is 1.66. The Morgan fingerprint density at radius 3 is 2.57 bits per heavy atom. The lowest BCUT2D eigenvalue weighted by atomic mass is 10.1. The summed E-state index contributed by atoms with van der Waals surface area (Å²) < 4.78 is 37.2. The second-order valence-corrected chi connectivity index (χ2v) is 2.54. The van der Waals surface area contributed by atoms with Crippen LogP contribution in [-0.2, 0) is 0 Å². The van der Waals surface area contributed by atoms with E-state index in [4.69, 9.17) is 0 Å². The summed E-state index contributed by atoms with van der Waals surface area (Å²) in [6, 6.07) is 0. The fourth-order valence-corrected chi connectivity index (χ4v) is 1.00. The van der Waals surface area contributed by atoms with Crippen LogP contribution in [0, 0.1) is 23.0 Å². The predicted molar refractivity (Wildman–Crippen MR) is 40.5 cm³/mol. The largest absolute Gasteiger partial charge is 0.287 e. The number of pyridine rings is 1. The molecule has 1 rings (SSSR count). The van der Waals surface area contributed by atoms with Crippen LogP contribution in [0.15, 0.2) is 6.20 Å². The first kappa shape index (κ1) is 10.4. The van der Waals surface area contributed by atoms with E-state index < -0.39 is 34.1 Å². The molecule has 1 aromatic heterocycles. The van der Waals surface area contributed by atoms with Crippen molar-refractivity contribution in [2.75, 3.05) is 0 Å². The molecule has 0 saturated heterocycles. The quantitative estimate of drug-likeness (QED) is 0.424. The lowest BCUT2D eigenvalue weighted by molar-refractivity contribution is -0.387. The Kier molecular flexibility index (Phi) is 2.68. The second kappa shape index (κ2) is 3.60. The first-order valence-electron chi connectivity index (χ1n) is 3.52. The Morgan fingerprint density at radius 1 is 1.57 bits per heavy atom. The fraction of sp³-hybridized carbons (Fsp3) is 0.286. The van der Waals surface area contributed by atoms with Crippen LogP contribution in [0.25, 0.3) is 0 Å². The van der Waals surface area contributed by atoms with E-state index in [1.54, 1.807) is 0 Å². The number of halogens is 3. The molecule has 0 aromatic carbocycles. The Hall–Kier alpha value is -1.66. The molecule has 1 heterocycles. The molecule has 0 saturated carbocycles. The number of aromatic nitrogens is 1. The van der Waals surface area contributed by atoms with Gasteiger partial charge in [0, 0.05) is 6.20 Å². The molecule has 1 aromatic rings. The van der Waals surface area contributed by atoms with E-state index in [-0.39, 0.29) is 0 Å². The van der Waals surface area contributed by atoms with Crippen molar-refractivity contribution in [3.63, 3.8) is 0 Å². The zero-order valence-electron chi connectivity index (χ0n) is 7.00. The van der Waals surface area contributed by atoms with Gasteiger partial charge in [-0.15, -0.1) is 0 Å². The maximum atomic E-state index is 12.7. The van der Waals surface area contributed by atoms with Gasteiger partial charge in [-0.05, 0) is 6.92 Å². The topological polar surface area (TPSA) is 56.0 Å². The Bertz CT molecular complexity index is 381. The molecule has 0 unspecified atom stereocenters. The van der Waals surface area contributed by atoms with Crippen molar-refractivity contribution in [1.29, 1.82) is 0 Å². The summed E-state index contributed by atoms with van der Waals surface area (Å²) in [6.07, 6.45) is -2.56. The van der Waals surface area contributed by atoms with Crippen molar-refractivity contribution in [3.8, 4) is 0 Å². The van der Waals surface area contributed by atoms with Gasteiger partial charge in [0.05, 0.1) is 10.5 Å². The Morgan fingerprint density at radius 2 is 2.14 bits per heavy atom. The monoisotopic (exact) mass is 206 g/mol. The van der Waals surface area contributed by atoms with Crippen LogP contribution in [0.4, 0.5) is 18.9 Å². The molecule has 14 heavy (non-hydrogen) atoms. The highest BCUT2D eigenvalue weighted by Crippen LogP contribution is 2.31. The molecule has 0 aliphatic carbocycles. The standard InChI is InChI=1S/C7H5F3N2O2/c1-3-5(12(13)14)4(6(8)9)2-11-7(3)10/h2,6H,1H3. The third-order valence-corrected chi connectivity index (χ3v) is 1.67. The normalized spacial score (nSPS) is 10.6. The van der Waals surface area contributed by atoms with Crippen LogP contribution in [-0.4, -0.2) is 9.91 Å². The maximum Gasteiger partial charge on any atom is 0.287 e. The van der Waals surface area contributed by atoms with Gasteiger partial charge >= 0.3 is 0 Å². The number of nitrogens with zero attached hydrogens (tertiary/aromatic N) is 2. The van der Waals surface area contributed by atoms with E-state index in [0.717, 1.165) is 6.92 Å². The zero-order chi connectivity index (χ0) is 10.9. The van der Waals surface area contributed by atoms with Gasteiger partial charge in [0.15, 0.2) is 0 Å². The van der Waals surface area contributed by atoms with Gasteiger partial charge in [0.2, 0.25) is 5.95 Å². The summed E-state index contributed by atoms with van der Waals surface area (Å²) in [5.74, 6) is -1.11. The summed E-state index contributed by atoms with van der Waals surface area (Å²) in [6.45, 7) is 1.03. The lowest BCUT2D eigenvalue weighted by Crippen LogP contribution is -2.02. The summed E-state index contributed by atoms with van der Waals surface area (Å²) in [5, 5.41) is 10.4. The van der Waals surface area contributed by atoms with Crippen LogP contribution >= 0.6 is 0 Å². The number of nitro groups is 1. The fourth-order valence-electron chi connectivity index (χ4n) is 1.00. The minimum absolute atomic E-state index is 0.477. The molecule has 7 heteroatoms. The van der Waals surface area contributed by atoms with Gasteiger partial charge in [-0.2, -0.15) is 4.39 Å². The van der Waals surface area contributed by atoms with Gasteiger partial charge < -0.3 is 0 Å². The Balaban J connectivity index is 3.45. The first-order valence-corrected chi connectivity index (χ1v) is 3.52. The molecule has 0 spiro atoms. The third-order valence-electron chi connectivity index (χ3n) is 1.67. The van der Waals surface area contributed by atoms with Gasteiger partial charge in [0.1, 0.15) is 5.56 Å². The van der Waals surface area contributed by atoms with Crippen molar-refractivity contribution < 1.29 is 18.1 Å². The molecule has 0 amide bonds. The molecule has 0 aliphatic heterocycles. The summed E-state index contributed by atoms with van der Waals surface area (Å²) in [4.78, 5) is 12.3. The van der Waals surface area contributed by atoms with E-state index >= 15 is 0 Å². The molecule has 0 atom stereocenters. The van der Waals surface area contributed by atoms with Gasteiger partial charge in [-0.25, -0.2) is 13.8 Å². The maximum absolute atomic E-state index is 12.7. The van der Waals surface area contributed by atoms with E-state index in [1.165, 1.54) is 0 Å². The molecule has 4 nitrogen and oxygen atoms in total.